The molecule has 0 radical (unpaired) electrons. The molecule has 1 aromatic heterocycles. The number of fused-ring (bicyclic) bond motifs is 1. The number of methoxy groups -OCH3 is 1. The summed E-state index contributed by atoms with van der Waals surface area (Å²) in [5.74, 6) is -0.303. The summed E-state index contributed by atoms with van der Waals surface area (Å²) < 4.78 is 10.9. The fourth-order valence-corrected chi connectivity index (χ4v) is 3.88. The topological polar surface area (TPSA) is 94.8 Å². The zero-order valence-corrected chi connectivity index (χ0v) is 17.2. The first-order valence-electron chi connectivity index (χ1n) is 10.2. The Kier molecular flexibility index (Phi) is 5.97. The molecule has 3 aromatic rings. The minimum atomic E-state index is -0.677. The molecular formula is C23H23N3O5. The Labute approximate surface area is 179 Å². The monoisotopic (exact) mass is 421 g/mol. The van der Waals surface area contributed by atoms with Crippen molar-refractivity contribution in [2.24, 2.45) is 0 Å². The lowest BCUT2D eigenvalue weighted by molar-refractivity contribution is -0.383. The van der Waals surface area contributed by atoms with Gasteiger partial charge in [0.15, 0.2) is 11.2 Å². The van der Waals surface area contributed by atoms with E-state index in [4.69, 9.17) is 9.47 Å². The van der Waals surface area contributed by atoms with Crippen LogP contribution in [0.3, 0.4) is 0 Å². The maximum atomic E-state index is 12.2. The number of nitrogens with zero attached hydrogens (tertiary/aromatic N) is 3. The van der Waals surface area contributed by atoms with E-state index in [-0.39, 0.29) is 23.5 Å². The van der Waals surface area contributed by atoms with Crippen LogP contribution in [0.5, 0.6) is 5.75 Å². The van der Waals surface area contributed by atoms with Crippen LogP contribution in [0.25, 0.3) is 10.9 Å². The first kappa shape index (κ1) is 20.6. The van der Waals surface area contributed by atoms with Crippen molar-refractivity contribution in [2.75, 3.05) is 25.1 Å². The van der Waals surface area contributed by atoms with Crippen molar-refractivity contribution < 1.29 is 19.2 Å². The number of nitro benzene ring substituents is 1. The van der Waals surface area contributed by atoms with Crippen molar-refractivity contribution >= 4 is 28.2 Å². The van der Waals surface area contributed by atoms with Crippen molar-refractivity contribution in [2.45, 2.75) is 25.9 Å². The lowest BCUT2D eigenvalue weighted by Crippen LogP contribution is -2.29. The summed E-state index contributed by atoms with van der Waals surface area (Å²) in [5.41, 5.74) is 1.69. The summed E-state index contributed by atoms with van der Waals surface area (Å²) in [4.78, 5) is 30.0. The molecule has 2 aromatic carbocycles. The highest BCUT2D eigenvalue weighted by Crippen LogP contribution is 2.40. The van der Waals surface area contributed by atoms with Crippen molar-refractivity contribution in [3.63, 3.8) is 0 Å². The lowest BCUT2D eigenvalue weighted by atomic mass is 10.1. The summed E-state index contributed by atoms with van der Waals surface area (Å²) in [5, 5.41) is 12.3. The third-order valence-electron chi connectivity index (χ3n) is 5.41. The predicted molar refractivity (Wildman–Crippen MR) is 117 cm³/mol. The zero-order valence-electron chi connectivity index (χ0n) is 17.2. The van der Waals surface area contributed by atoms with E-state index in [1.54, 1.807) is 6.07 Å². The van der Waals surface area contributed by atoms with E-state index in [9.17, 15) is 14.9 Å². The molecule has 0 N–H and O–H groups in total. The predicted octanol–water partition coefficient (Wildman–Crippen LogP) is 4.50. The molecule has 0 bridgehead atoms. The largest absolute Gasteiger partial charge is 0.488 e. The number of carbonyl (C=O) groups is 1. The Morgan fingerprint density at radius 2 is 1.87 bits per heavy atom. The lowest BCUT2D eigenvalue weighted by Gasteiger charge is -2.30. The standard InChI is InChI=1S/C23H23N3O5/c1-30-23(27)17-14-20(31-15-16-8-4-2-5-9-16)21-18(25-12-6-3-7-13-25)10-11-19(26(28)29)22(21)24-17/h2,4-5,8-11,14H,3,6-7,12-13,15H2,1H3. The average Bonchev–Trinajstić information content (AvgIpc) is 2.82. The molecule has 160 valence electrons. The second kappa shape index (κ2) is 8.99. The normalized spacial score (nSPS) is 13.8. The van der Waals surface area contributed by atoms with E-state index < -0.39 is 10.9 Å². The molecule has 8 nitrogen and oxygen atoms in total. The number of piperidine rings is 1. The van der Waals surface area contributed by atoms with Crippen LogP contribution in [0.2, 0.25) is 0 Å². The van der Waals surface area contributed by atoms with E-state index in [1.165, 1.54) is 19.2 Å². The van der Waals surface area contributed by atoms with Crippen LogP contribution in [0.1, 0.15) is 35.3 Å². The number of anilines is 1. The quantitative estimate of drug-likeness (QED) is 0.328. The molecular weight excluding hydrogens is 398 g/mol. The van der Waals surface area contributed by atoms with Crippen LogP contribution in [0, 0.1) is 10.1 Å². The van der Waals surface area contributed by atoms with Crippen LogP contribution in [-0.2, 0) is 11.3 Å². The highest BCUT2D eigenvalue weighted by Gasteiger charge is 2.25. The fourth-order valence-electron chi connectivity index (χ4n) is 3.88. The summed E-state index contributed by atoms with van der Waals surface area (Å²) in [7, 11) is 1.25. The Bertz CT molecular complexity index is 1110. The van der Waals surface area contributed by atoms with E-state index in [0.717, 1.165) is 43.6 Å². The van der Waals surface area contributed by atoms with Gasteiger partial charge in [0, 0.05) is 25.2 Å². The van der Waals surface area contributed by atoms with Crippen LogP contribution in [0.4, 0.5) is 11.4 Å². The highest BCUT2D eigenvalue weighted by atomic mass is 16.6. The van der Waals surface area contributed by atoms with Crippen LogP contribution in [-0.4, -0.2) is 36.1 Å². The molecule has 0 spiro atoms. The minimum absolute atomic E-state index is 0.0306. The highest BCUT2D eigenvalue weighted by molar-refractivity contribution is 6.04. The number of non-ortho nitro benzene ring substituents is 1. The van der Waals surface area contributed by atoms with E-state index >= 15 is 0 Å². The molecule has 0 unspecified atom stereocenters. The summed E-state index contributed by atoms with van der Waals surface area (Å²) >= 11 is 0. The molecule has 4 rings (SSSR count). The van der Waals surface area contributed by atoms with E-state index in [0.29, 0.717) is 11.1 Å². The van der Waals surface area contributed by atoms with Crippen molar-refractivity contribution in [1.82, 2.24) is 4.98 Å². The Hall–Kier alpha value is -3.68. The molecule has 0 atom stereocenters. The molecule has 1 fully saturated rings. The maximum absolute atomic E-state index is 12.2. The number of carbonyl (C=O) groups excluding carboxylic acids is 1. The van der Waals surface area contributed by atoms with Gasteiger partial charge in [-0.3, -0.25) is 10.1 Å². The SMILES string of the molecule is COC(=O)c1cc(OCc2ccccc2)c2c(N3CCCCC3)ccc([N+](=O)[O-])c2n1. The van der Waals surface area contributed by atoms with E-state index in [2.05, 4.69) is 9.88 Å². The molecule has 1 aliphatic rings. The van der Waals surface area contributed by atoms with Gasteiger partial charge in [0.05, 0.1) is 23.1 Å². The Balaban J connectivity index is 1.90. The first-order valence-corrected chi connectivity index (χ1v) is 10.2. The third kappa shape index (κ3) is 4.28. The summed E-state index contributed by atoms with van der Waals surface area (Å²) in [6.07, 6.45) is 3.25. The molecule has 0 aliphatic carbocycles. The number of ether oxygens (including phenoxy) is 2. The summed E-state index contributed by atoms with van der Waals surface area (Å²) in [6, 6.07) is 14.3. The van der Waals surface area contributed by atoms with Gasteiger partial charge < -0.3 is 14.4 Å². The second-order valence-electron chi connectivity index (χ2n) is 7.40. The molecule has 0 amide bonds. The average molecular weight is 421 g/mol. The van der Waals surface area contributed by atoms with Gasteiger partial charge in [-0.05, 0) is 30.9 Å². The zero-order chi connectivity index (χ0) is 21.8. The second-order valence-corrected chi connectivity index (χ2v) is 7.40. The van der Waals surface area contributed by atoms with Gasteiger partial charge in [-0.2, -0.15) is 0 Å². The smallest absolute Gasteiger partial charge is 0.356 e. The number of benzene rings is 2. The fraction of sp³-hybridized carbons (Fsp3) is 0.304. The molecule has 1 saturated heterocycles. The molecule has 31 heavy (non-hydrogen) atoms. The molecule has 8 heteroatoms. The van der Waals surface area contributed by atoms with Crippen LogP contribution >= 0.6 is 0 Å². The number of pyridine rings is 1. The number of aromatic nitrogens is 1. The van der Waals surface area contributed by atoms with Gasteiger partial charge in [0.2, 0.25) is 0 Å². The van der Waals surface area contributed by atoms with Gasteiger partial charge in [-0.15, -0.1) is 0 Å². The molecule has 0 saturated carbocycles. The van der Waals surface area contributed by atoms with Crippen molar-refractivity contribution in [3.05, 3.63) is 69.9 Å². The van der Waals surface area contributed by atoms with E-state index in [1.807, 2.05) is 30.3 Å². The first-order chi connectivity index (χ1) is 15.1. The van der Waals surface area contributed by atoms with Crippen molar-refractivity contribution in [1.29, 1.82) is 0 Å². The number of esters is 1. The summed E-state index contributed by atoms with van der Waals surface area (Å²) in [6.45, 7) is 1.95. The Morgan fingerprint density at radius 1 is 1.13 bits per heavy atom. The van der Waals surface area contributed by atoms with Gasteiger partial charge >= 0.3 is 5.97 Å². The third-order valence-corrected chi connectivity index (χ3v) is 5.41. The van der Waals surface area contributed by atoms with Gasteiger partial charge in [0.1, 0.15) is 12.4 Å². The number of nitro groups is 1. The minimum Gasteiger partial charge on any atom is -0.488 e. The van der Waals surface area contributed by atoms with Crippen LogP contribution in [0.15, 0.2) is 48.5 Å². The van der Waals surface area contributed by atoms with Gasteiger partial charge in [0.25, 0.3) is 5.69 Å². The molecule has 2 heterocycles. The number of rotatable bonds is 6. The van der Waals surface area contributed by atoms with Gasteiger partial charge in [-0.1, -0.05) is 30.3 Å². The number of hydrogen-bond donors (Lipinski definition) is 0. The van der Waals surface area contributed by atoms with Crippen LogP contribution < -0.4 is 9.64 Å². The van der Waals surface area contributed by atoms with Crippen molar-refractivity contribution in [3.8, 4) is 5.75 Å². The maximum Gasteiger partial charge on any atom is 0.356 e. The number of hydrogen-bond acceptors (Lipinski definition) is 7. The Morgan fingerprint density at radius 3 is 2.55 bits per heavy atom. The van der Waals surface area contributed by atoms with Gasteiger partial charge in [-0.25, -0.2) is 9.78 Å². The molecule has 1 aliphatic heterocycles.